The second kappa shape index (κ2) is 5.19. The predicted molar refractivity (Wildman–Crippen MR) is 77.6 cm³/mol. The van der Waals surface area contributed by atoms with Gasteiger partial charge in [0.15, 0.2) is 0 Å². The Labute approximate surface area is 119 Å². The molecule has 0 aliphatic carbocycles. The summed E-state index contributed by atoms with van der Waals surface area (Å²) in [5, 5.41) is 3.91. The van der Waals surface area contributed by atoms with Crippen LogP contribution < -0.4 is 4.74 Å². The molecule has 3 rings (SSSR count). The van der Waals surface area contributed by atoms with Gasteiger partial charge in [0.1, 0.15) is 18.2 Å². The lowest BCUT2D eigenvalue weighted by atomic mass is 10.2. The van der Waals surface area contributed by atoms with Gasteiger partial charge < -0.3 is 4.74 Å². The fourth-order valence-corrected chi connectivity index (χ4v) is 3.15. The van der Waals surface area contributed by atoms with Crippen molar-refractivity contribution in [1.82, 2.24) is 0 Å². The first-order valence-corrected chi connectivity index (χ1v) is 7.03. The minimum Gasteiger partial charge on any atom is -0.489 e. The zero-order valence-corrected chi connectivity index (χ0v) is 11.5. The van der Waals surface area contributed by atoms with E-state index < -0.39 is 0 Å². The molecule has 3 aromatic rings. The maximum absolute atomic E-state index is 12.8. The van der Waals surface area contributed by atoms with Crippen molar-refractivity contribution >= 4 is 33.0 Å². The van der Waals surface area contributed by atoms with Gasteiger partial charge in [-0.1, -0.05) is 23.7 Å². The van der Waals surface area contributed by atoms with Crippen LogP contribution in [0.1, 0.15) is 5.56 Å². The molecule has 0 spiro atoms. The number of benzene rings is 2. The molecule has 0 aliphatic rings. The van der Waals surface area contributed by atoms with Gasteiger partial charge in [0.05, 0.1) is 9.72 Å². The normalized spacial score (nSPS) is 10.8. The number of fused-ring (bicyclic) bond motifs is 1. The summed E-state index contributed by atoms with van der Waals surface area (Å²) < 4.78 is 19.5. The first kappa shape index (κ1) is 12.5. The van der Waals surface area contributed by atoms with E-state index in [1.54, 1.807) is 23.5 Å². The van der Waals surface area contributed by atoms with Gasteiger partial charge >= 0.3 is 0 Å². The maximum Gasteiger partial charge on any atom is 0.123 e. The van der Waals surface area contributed by atoms with Crippen LogP contribution in [-0.2, 0) is 6.61 Å². The van der Waals surface area contributed by atoms with Crippen molar-refractivity contribution < 1.29 is 9.13 Å². The van der Waals surface area contributed by atoms with Crippen molar-refractivity contribution in [2.45, 2.75) is 6.61 Å². The van der Waals surface area contributed by atoms with E-state index in [0.717, 1.165) is 20.7 Å². The van der Waals surface area contributed by atoms with Crippen molar-refractivity contribution in [3.63, 3.8) is 0 Å². The van der Waals surface area contributed by atoms with Gasteiger partial charge in [0, 0.05) is 10.9 Å². The molecule has 0 N–H and O–H groups in total. The number of ether oxygens (including phenoxy) is 1. The summed E-state index contributed by atoms with van der Waals surface area (Å²) in [7, 11) is 0. The fourth-order valence-electron chi connectivity index (χ4n) is 1.88. The molecule has 0 fully saturated rings. The summed E-state index contributed by atoms with van der Waals surface area (Å²) >= 11 is 7.74. The highest BCUT2D eigenvalue weighted by Gasteiger charge is 2.07. The van der Waals surface area contributed by atoms with Gasteiger partial charge in [0.2, 0.25) is 0 Å². The number of halogens is 2. The molecule has 19 heavy (non-hydrogen) atoms. The van der Waals surface area contributed by atoms with Crippen molar-refractivity contribution in [3.05, 3.63) is 64.2 Å². The fraction of sp³-hybridized carbons (Fsp3) is 0.0667. The highest BCUT2D eigenvalue weighted by Crippen LogP contribution is 2.32. The Bertz CT molecular complexity index is 706. The molecule has 1 aromatic heterocycles. The van der Waals surface area contributed by atoms with Crippen molar-refractivity contribution in [1.29, 1.82) is 0 Å². The molecule has 0 saturated heterocycles. The molecule has 1 heterocycles. The third-order valence-corrected chi connectivity index (χ3v) is 4.34. The van der Waals surface area contributed by atoms with E-state index in [1.165, 1.54) is 12.1 Å². The van der Waals surface area contributed by atoms with Crippen LogP contribution in [0.3, 0.4) is 0 Å². The Kier molecular flexibility index (Phi) is 3.40. The van der Waals surface area contributed by atoms with E-state index in [2.05, 4.69) is 0 Å². The Hall–Kier alpha value is -1.58. The third kappa shape index (κ3) is 2.57. The van der Waals surface area contributed by atoms with E-state index >= 15 is 0 Å². The molecule has 0 aliphatic heterocycles. The molecular formula is C15H10ClFOS. The summed E-state index contributed by atoms with van der Waals surface area (Å²) in [6, 6.07) is 11.9. The Balaban J connectivity index is 1.82. The summed E-state index contributed by atoms with van der Waals surface area (Å²) in [5.74, 6) is 0.392. The average molecular weight is 293 g/mol. The van der Waals surface area contributed by atoms with Crippen LogP contribution in [0, 0.1) is 5.82 Å². The zero-order chi connectivity index (χ0) is 13.2. The minimum atomic E-state index is -0.264. The number of hydrogen-bond acceptors (Lipinski definition) is 2. The van der Waals surface area contributed by atoms with Gasteiger partial charge in [-0.15, -0.1) is 11.3 Å². The lowest BCUT2D eigenvalue weighted by molar-refractivity contribution is 0.307. The molecule has 0 atom stereocenters. The Morgan fingerprint density at radius 3 is 2.68 bits per heavy atom. The molecule has 0 saturated carbocycles. The van der Waals surface area contributed by atoms with Gasteiger partial charge in [-0.05, 0) is 35.7 Å². The number of thiophene rings is 1. The summed E-state index contributed by atoms with van der Waals surface area (Å²) in [6.07, 6.45) is 0. The van der Waals surface area contributed by atoms with Gasteiger partial charge in [-0.25, -0.2) is 4.39 Å². The molecule has 0 radical (unpaired) electrons. The second-order valence-electron chi connectivity index (χ2n) is 4.12. The van der Waals surface area contributed by atoms with Crippen LogP contribution in [0.25, 0.3) is 10.1 Å². The summed E-state index contributed by atoms with van der Waals surface area (Å²) in [5.41, 5.74) is 1.09. The number of rotatable bonds is 3. The Morgan fingerprint density at radius 1 is 1.11 bits per heavy atom. The first-order valence-electron chi connectivity index (χ1n) is 5.77. The van der Waals surface area contributed by atoms with E-state index in [4.69, 9.17) is 16.3 Å². The molecule has 0 unspecified atom stereocenters. The molecular weight excluding hydrogens is 283 g/mol. The predicted octanol–water partition coefficient (Wildman–Crippen LogP) is 5.27. The molecule has 0 amide bonds. The molecule has 4 heteroatoms. The highest BCUT2D eigenvalue weighted by molar-refractivity contribution is 7.18. The maximum atomic E-state index is 12.8. The first-order chi connectivity index (χ1) is 9.24. The Morgan fingerprint density at radius 2 is 1.89 bits per heavy atom. The van der Waals surface area contributed by atoms with E-state index in [0.29, 0.717) is 12.4 Å². The van der Waals surface area contributed by atoms with Crippen LogP contribution in [0.4, 0.5) is 4.39 Å². The van der Waals surface area contributed by atoms with Gasteiger partial charge in [0.25, 0.3) is 0 Å². The number of hydrogen-bond donors (Lipinski definition) is 0. The van der Waals surface area contributed by atoms with Crippen molar-refractivity contribution in [2.24, 2.45) is 0 Å². The lowest BCUT2D eigenvalue weighted by Crippen LogP contribution is -1.94. The summed E-state index contributed by atoms with van der Waals surface area (Å²) in [6.45, 7) is 0.450. The van der Waals surface area contributed by atoms with Crippen LogP contribution in [0.2, 0.25) is 5.02 Å². The van der Waals surface area contributed by atoms with Crippen LogP contribution in [0.5, 0.6) is 5.75 Å². The molecule has 1 nitrogen and oxygen atoms in total. The topological polar surface area (TPSA) is 9.23 Å². The van der Waals surface area contributed by atoms with E-state index in [9.17, 15) is 4.39 Å². The standard InChI is InChI=1S/C15H10ClFOS/c16-14-3-1-2-13-10(9-19-15(13)14)8-18-12-6-4-11(17)5-7-12/h1-7,9H,8H2. The monoisotopic (exact) mass is 292 g/mol. The largest absolute Gasteiger partial charge is 0.489 e. The highest BCUT2D eigenvalue weighted by atomic mass is 35.5. The zero-order valence-electron chi connectivity index (χ0n) is 9.90. The molecule has 0 bridgehead atoms. The van der Waals surface area contributed by atoms with Crippen LogP contribution >= 0.6 is 22.9 Å². The third-order valence-electron chi connectivity index (χ3n) is 2.84. The van der Waals surface area contributed by atoms with E-state index in [-0.39, 0.29) is 5.82 Å². The summed E-state index contributed by atoms with van der Waals surface area (Å²) in [4.78, 5) is 0. The second-order valence-corrected chi connectivity index (χ2v) is 5.41. The van der Waals surface area contributed by atoms with Crippen molar-refractivity contribution in [3.8, 4) is 5.75 Å². The van der Waals surface area contributed by atoms with Gasteiger partial charge in [-0.2, -0.15) is 0 Å². The van der Waals surface area contributed by atoms with E-state index in [1.807, 2.05) is 23.6 Å². The molecule has 96 valence electrons. The van der Waals surface area contributed by atoms with Crippen LogP contribution in [0.15, 0.2) is 47.8 Å². The average Bonchev–Trinajstić information content (AvgIpc) is 2.83. The smallest absolute Gasteiger partial charge is 0.123 e. The molecule has 2 aromatic carbocycles. The minimum absolute atomic E-state index is 0.264. The SMILES string of the molecule is Fc1ccc(OCc2csc3c(Cl)cccc23)cc1. The lowest BCUT2D eigenvalue weighted by Gasteiger charge is -2.05. The van der Waals surface area contributed by atoms with Gasteiger partial charge in [-0.3, -0.25) is 0 Å². The van der Waals surface area contributed by atoms with Crippen LogP contribution in [-0.4, -0.2) is 0 Å². The quantitative estimate of drug-likeness (QED) is 0.639. The van der Waals surface area contributed by atoms with Crippen molar-refractivity contribution in [2.75, 3.05) is 0 Å².